The van der Waals surface area contributed by atoms with E-state index in [0.29, 0.717) is 24.4 Å². The molecule has 0 saturated heterocycles. The first-order valence-electron chi connectivity index (χ1n) is 5.84. The van der Waals surface area contributed by atoms with E-state index in [1.165, 1.54) is 6.07 Å². The molecule has 1 rings (SSSR count). The van der Waals surface area contributed by atoms with Crippen LogP contribution in [0, 0.1) is 5.82 Å². The summed E-state index contributed by atoms with van der Waals surface area (Å²) < 4.78 is 19.3. The maximum absolute atomic E-state index is 13.8. The number of benzene rings is 1. The molecule has 0 saturated carbocycles. The number of likely N-dealkylation sites (N-methyl/N-ethyl adjacent to an activating group) is 1. The molecule has 0 radical (unpaired) electrons. The predicted octanol–water partition coefficient (Wildman–Crippen LogP) is 2.32. The van der Waals surface area contributed by atoms with Crippen LogP contribution in [0.4, 0.5) is 10.1 Å². The number of hydrogen-bond donors (Lipinski definition) is 1. The van der Waals surface area contributed by atoms with Gasteiger partial charge in [0, 0.05) is 19.2 Å². The topological polar surface area (TPSA) is 38.5 Å². The van der Waals surface area contributed by atoms with Crippen LogP contribution in [0.5, 0.6) is 0 Å². The first-order valence-corrected chi connectivity index (χ1v) is 6.24. The number of nitrogens with zero attached hydrogens (tertiary/aromatic N) is 1. The zero-order chi connectivity index (χ0) is 13.7. The van der Waals surface area contributed by atoms with Crippen molar-refractivity contribution in [2.45, 2.75) is 20.0 Å². The Hall–Kier alpha value is -1.20. The normalized spacial score (nSPS) is 10.7. The predicted molar refractivity (Wildman–Crippen MR) is 76.6 cm³/mol. The lowest BCUT2D eigenvalue weighted by atomic mass is 10.2. The third-order valence-corrected chi connectivity index (χ3v) is 2.76. The van der Waals surface area contributed by atoms with Crippen molar-refractivity contribution in [3.8, 4) is 0 Å². The maximum atomic E-state index is 13.8. The van der Waals surface area contributed by atoms with E-state index < -0.39 is 0 Å². The molecule has 18 heavy (non-hydrogen) atoms. The van der Waals surface area contributed by atoms with Crippen LogP contribution in [0.25, 0.3) is 0 Å². The van der Waals surface area contributed by atoms with E-state index in [1.807, 2.05) is 20.9 Å². The summed E-state index contributed by atoms with van der Waals surface area (Å²) >= 11 is 4.81. The minimum atomic E-state index is -0.327. The number of halogens is 1. The Bertz CT molecular complexity index is 423. The summed E-state index contributed by atoms with van der Waals surface area (Å²) in [5, 5.41) is 0. The highest BCUT2D eigenvalue weighted by molar-refractivity contribution is 7.80. The monoisotopic (exact) mass is 270 g/mol. The molecule has 2 N–H and O–H groups in total. The second-order valence-corrected chi connectivity index (χ2v) is 4.81. The quantitative estimate of drug-likeness (QED) is 0.805. The van der Waals surface area contributed by atoms with Crippen LogP contribution < -0.4 is 10.6 Å². The molecule has 5 heteroatoms. The average Bonchev–Trinajstić information content (AvgIpc) is 2.27. The van der Waals surface area contributed by atoms with Gasteiger partial charge in [0.05, 0.1) is 18.4 Å². The van der Waals surface area contributed by atoms with Crippen molar-refractivity contribution in [2.24, 2.45) is 5.73 Å². The van der Waals surface area contributed by atoms with Gasteiger partial charge in [-0.25, -0.2) is 4.39 Å². The number of anilines is 1. The first kappa shape index (κ1) is 14.9. The van der Waals surface area contributed by atoms with Crippen molar-refractivity contribution in [1.29, 1.82) is 0 Å². The zero-order valence-corrected chi connectivity index (χ0v) is 11.8. The Labute approximate surface area is 113 Å². The van der Waals surface area contributed by atoms with Crippen LogP contribution in [0.2, 0.25) is 0 Å². The molecule has 1 aromatic rings. The Balaban J connectivity index is 2.68. The minimum absolute atomic E-state index is 0.181. The number of thiocarbonyl (C=S) groups is 1. The van der Waals surface area contributed by atoms with Gasteiger partial charge < -0.3 is 15.4 Å². The van der Waals surface area contributed by atoms with Crippen LogP contribution in [0.1, 0.15) is 19.4 Å². The van der Waals surface area contributed by atoms with E-state index >= 15 is 0 Å². The van der Waals surface area contributed by atoms with Gasteiger partial charge in [-0.1, -0.05) is 12.2 Å². The summed E-state index contributed by atoms with van der Waals surface area (Å²) in [5.74, 6) is -0.327. The molecule has 0 bridgehead atoms. The molecule has 0 amide bonds. The van der Waals surface area contributed by atoms with Crippen LogP contribution in [-0.2, 0) is 4.74 Å². The van der Waals surface area contributed by atoms with Crippen molar-refractivity contribution in [2.75, 3.05) is 25.1 Å². The van der Waals surface area contributed by atoms with Crippen LogP contribution in [0.15, 0.2) is 18.2 Å². The lowest BCUT2D eigenvalue weighted by Crippen LogP contribution is -2.25. The summed E-state index contributed by atoms with van der Waals surface area (Å²) in [6.07, 6.45) is 0.181. The molecule has 0 fully saturated rings. The molecule has 100 valence electrons. The lowest BCUT2D eigenvalue weighted by Gasteiger charge is -2.21. The number of hydrogen-bond acceptors (Lipinski definition) is 3. The summed E-state index contributed by atoms with van der Waals surface area (Å²) in [6, 6.07) is 4.76. The standard InChI is InChI=1S/C13H19FN2OS/c1-9(2)17-7-6-16(3)12-5-4-10(13(15)18)8-11(12)14/h4-5,8-9H,6-7H2,1-3H3,(H2,15,18). The molecule has 0 atom stereocenters. The molecule has 0 heterocycles. The second-order valence-electron chi connectivity index (χ2n) is 4.37. The summed E-state index contributed by atoms with van der Waals surface area (Å²) in [6.45, 7) is 5.13. The third-order valence-electron chi connectivity index (χ3n) is 2.52. The number of ether oxygens (including phenoxy) is 1. The van der Waals surface area contributed by atoms with E-state index in [0.717, 1.165) is 0 Å². The molecule has 0 aliphatic carbocycles. The van der Waals surface area contributed by atoms with Gasteiger partial charge in [-0.15, -0.1) is 0 Å². The molecule has 0 unspecified atom stereocenters. The second kappa shape index (κ2) is 6.66. The fourth-order valence-electron chi connectivity index (χ4n) is 1.52. The third kappa shape index (κ3) is 4.23. The SMILES string of the molecule is CC(C)OCCN(C)c1ccc(C(N)=S)cc1F. The molecular formula is C13H19FN2OS. The van der Waals surface area contributed by atoms with Crippen LogP contribution in [-0.4, -0.2) is 31.3 Å². The van der Waals surface area contributed by atoms with Crippen molar-refractivity contribution in [3.63, 3.8) is 0 Å². The Kier molecular flexibility index (Phi) is 5.50. The largest absolute Gasteiger partial charge is 0.389 e. The highest BCUT2D eigenvalue weighted by atomic mass is 32.1. The van der Waals surface area contributed by atoms with Crippen molar-refractivity contribution < 1.29 is 9.13 Å². The highest BCUT2D eigenvalue weighted by Crippen LogP contribution is 2.19. The first-order chi connectivity index (χ1) is 8.41. The van der Waals surface area contributed by atoms with E-state index in [9.17, 15) is 4.39 Å². The Morgan fingerprint density at radius 1 is 1.50 bits per heavy atom. The van der Waals surface area contributed by atoms with Gasteiger partial charge in [-0.05, 0) is 32.0 Å². The van der Waals surface area contributed by atoms with Crippen molar-refractivity contribution in [3.05, 3.63) is 29.6 Å². The average molecular weight is 270 g/mol. The highest BCUT2D eigenvalue weighted by Gasteiger charge is 2.09. The van der Waals surface area contributed by atoms with Crippen LogP contribution >= 0.6 is 12.2 Å². The summed E-state index contributed by atoms with van der Waals surface area (Å²) in [5.41, 5.74) is 6.51. The van der Waals surface area contributed by atoms with Crippen molar-refractivity contribution in [1.82, 2.24) is 0 Å². The van der Waals surface area contributed by atoms with E-state index in [2.05, 4.69) is 0 Å². The minimum Gasteiger partial charge on any atom is -0.389 e. The Morgan fingerprint density at radius 2 is 2.17 bits per heavy atom. The van der Waals surface area contributed by atoms with Gasteiger partial charge in [0.1, 0.15) is 10.8 Å². The summed E-state index contributed by atoms with van der Waals surface area (Å²) in [7, 11) is 1.82. The van der Waals surface area contributed by atoms with E-state index in [4.69, 9.17) is 22.7 Å². The molecule has 1 aromatic carbocycles. The zero-order valence-electron chi connectivity index (χ0n) is 10.9. The van der Waals surface area contributed by atoms with Gasteiger partial charge >= 0.3 is 0 Å². The lowest BCUT2D eigenvalue weighted by molar-refractivity contribution is 0.0845. The maximum Gasteiger partial charge on any atom is 0.147 e. The van der Waals surface area contributed by atoms with Crippen molar-refractivity contribution >= 4 is 22.9 Å². The van der Waals surface area contributed by atoms with E-state index in [-0.39, 0.29) is 16.9 Å². The molecule has 0 aromatic heterocycles. The molecule has 0 aliphatic rings. The van der Waals surface area contributed by atoms with Gasteiger partial charge in [-0.2, -0.15) is 0 Å². The van der Waals surface area contributed by atoms with Crippen LogP contribution in [0.3, 0.4) is 0 Å². The van der Waals surface area contributed by atoms with Gasteiger partial charge in [0.15, 0.2) is 0 Å². The molecule has 0 aliphatic heterocycles. The van der Waals surface area contributed by atoms with Gasteiger partial charge in [0.25, 0.3) is 0 Å². The van der Waals surface area contributed by atoms with Gasteiger partial charge in [0.2, 0.25) is 0 Å². The Morgan fingerprint density at radius 3 is 2.67 bits per heavy atom. The fraction of sp³-hybridized carbons (Fsp3) is 0.462. The number of rotatable bonds is 6. The molecule has 3 nitrogen and oxygen atoms in total. The fourth-order valence-corrected chi connectivity index (χ4v) is 1.64. The molecule has 0 spiro atoms. The molecular weight excluding hydrogens is 251 g/mol. The number of nitrogens with two attached hydrogens (primary N) is 1. The summed E-state index contributed by atoms with van der Waals surface area (Å²) in [4.78, 5) is 2.01. The van der Waals surface area contributed by atoms with E-state index in [1.54, 1.807) is 17.0 Å². The van der Waals surface area contributed by atoms with Gasteiger partial charge in [-0.3, -0.25) is 0 Å². The smallest absolute Gasteiger partial charge is 0.147 e.